The van der Waals surface area contributed by atoms with E-state index < -0.39 is 0 Å². The number of benzene rings is 1. The largest absolute Gasteiger partial charge is 0.371 e. The van der Waals surface area contributed by atoms with Gasteiger partial charge in [-0.3, -0.25) is 0 Å². The number of hydrogen-bond acceptors (Lipinski definition) is 3. The Kier molecular flexibility index (Phi) is 4.22. The van der Waals surface area contributed by atoms with E-state index in [-0.39, 0.29) is 5.82 Å². The van der Waals surface area contributed by atoms with Gasteiger partial charge in [0.2, 0.25) is 0 Å². The zero-order valence-electron chi connectivity index (χ0n) is 12.1. The lowest BCUT2D eigenvalue weighted by Crippen LogP contribution is -2.43. The fourth-order valence-corrected chi connectivity index (χ4v) is 3.14. The Morgan fingerprint density at radius 2 is 2.05 bits per heavy atom. The summed E-state index contributed by atoms with van der Waals surface area (Å²) in [6, 6.07) is 5.61. The average Bonchev–Trinajstić information content (AvgIpc) is 2.78. The van der Waals surface area contributed by atoms with Crippen LogP contribution in [0.25, 0.3) is 0 Å². The number of ether oxygens (including phenoxy) is 1. The smallest absolute Gasteiger partial charge is 0.146 e. The van der Waals surface area contributed by atoms with E-state index in [4.69, 9.17) is 4.74 Å². The van der Waals surface area contributed by atoms with Gasteiger partial charge < -0.3 is 15.0 Å². The number of fused-ring (bicyclic) bond motifs is 2. The first kappa shape index (κ1) is 13.8. The van der Waals surface area contributed by atoms with Crippen molar-refractivity contribution in [2.45, 2.75) is 44.9 Å². The molecule has 1 N–H and O–H groups in total. The summed E-state index contributed by atoms with van der Waals surface area (Å²) in [7, 11) is 0. The SMILES string of the molecule is CCCNCc1ccc(N2CC3CCC(C2)O3)c(F)c1. The Balaban J connectivity index is 1.67. The molecule has 0 spiro atoms. The highest BCUT2D eigenvalue weighted by Gasteiger charge is 2.34. The van der Waals surface area contributed by atoms with Gasteiger partial charge >= 0.3 is 0 Å². The van der Waals surface area contributed by atoms with Gasteiger partial charge in [-0.1, -0.05) is 13.0 Å². The maximum absolute atomic E-state index is 14.3. The number of nitrogens with one attached hydrogen (secondary N) is 1. The summed E-state index contributed by atoms with van der Waals surface area (Å²) < 4.78 is 20.1. The summed E-state index contributed by atoms with van der Waals surface area (Å²) >= 11 is 0. The fraction of sp³-hybridized carbons (Fsp3) is 0.625. The first-order chi connectivity index (χ1) is 9.76. The summed E-state index contributed by atoms with van der Waals surface area (Å²) in [5, 5.41) is 3.30. The van der Waals surface area contributed by atoms with Crippen LogP contribution in [0.4, 0.5) is 10.1 Å². The van der Waals surface area contributed by atoms with Crippen LogP contribution in [0.1, 0.15) is 31.7 Å². The zero-order chi connectivity index (χ0) is 13.9. The number of rotatable bonds is 5. The summed E-state index contributed by atoms with van der Waals surface area (Å²) in [5.41, 5.74) is 1.74. The molecule has 2 aliphatic heterocycles. The van der Waals surface area contributed by atoms with Gasteiger partial charge in [0.25, 0.3) is 0 Å². The molecule has 20 heavy (non-hydrogen) atoms. The van der Waals surface area contributed by atoms with Crippen LogP contribution in [0, 0.1) is 5.82 Å². The fourth-order valence-electron chi connectivity index (χ4n) is 3.14. The molecule has 3 nitrogen and oxygen atoms in total. The molecule has 2 atom stereocenters. The molecule has 0 saturated carbocycles. The molecular weight excluding hydrogens is 255 g/mol. The molecule has 2 bridgehead atoms. The lowest BCUT2D eigenvalue weighted by molar-refractivity contribution is 0.0303. The third-order valence-corrected chi connectivity index (χ3v) is 4.15. The molecule has 4 heteroatoms. The van der Waals surface area contributed by atoms with E-state index in [1.807, 2.05) is 12.1 Å². The minimum absolute atomic E-state index is 0.109. The Morgan fingerprint density at radius 3 is 2.70 bits per heavy atom. The molecule has 110 valence electrons. The van der Waals surface area contributed by atoms with E-state index >= 15 is 0 Å². The van der Waals surface area contributed by atoms with Crippen LogP contribution in [0.2, 0.25) is 0 Å². The minimum atomic E-state index is -0.109. The molecule has 1 aromatic rings. The molecule has 0 amide bonds. The second-order valence-corrected chi connectivity index (χ2v) is 5.82. The molecule has 2 heterocycles. The monoisotopic (exact) mass is 278 g/mol. The van der Waals surface area contributed by atoms with E-state index in [2.05, 4.69) is 17.1 Å². The second kappa shape index (κ2) is 6.10. The average molecular weight is 278 g/mol. The lowest BCUT2D eigenvalue weighted by Gasteiger charge is -2.34. The number of hydrogen-bond donors (Lipinski definition) is 1. The summed E-state index contributed by atoms with van der Waals surface area (Å²) in [6.45, 7) is 5.47. The quantitative estimate of drug-likeness (QED) is 0.838. The maximum Gasteiger partial charge on any atom is 0.146 e. The predicted molar refractivity (Wildman–Crippen MR) is 78.5 cm³/mol. The Labute approximate surface area is 120 Å². The van der Waals surface area contributed by atoms with Gasteiger partial charge in [0, 0.05) is 19.6 Å². The van der Waals surface area contributed by atoms with E-state index in [0.29, 0.717) is 12.2 Å². The molecule has 3 rings (SSSR count). The van der Waals surface area contributed by atoms with Crippen LogP contribution in [-0.2, 0) is 11.3 Å². The molecule has 2 unspecified atom stereocenters. The van der Waals surface area contributed by atoms with Crippen LogP contribution in [0.3, 0.4) is 0 Å². The van der Waals surface area contributed by atoms with E-state index in [9.17, 15) is 4.39 Å². The standard InChI is InChI=1S/C16H23FN2O/c1-2-7-18-9-12-3-6-16(15(17)8-12)19-10-13-4-5-14(11-19)20-13/h3,6,8,13-14,18H,2,4-5,7,9-11H2,1H3. The van der Waals surface area contributed by atoms with E-state index in [1.54, 1.807) is 6.07 Å². The van der Waals surface area contributed by atoms with Gasteiger partial charge in [0.1, 0.15) is 5.82 Å². The summed E-state index contributed by atoms with van der Waals surface area (Å²) in [5.74, 6) is -0.109. The molecule has 0 radical (unpaired) electrons. The molecule has 0 aliphatic carbocycles. The molecule has 1 aromatic carbocycles. The van der Waals surface area contributed by atoms with E-state index in [1.165, 1.54) is 0 Å². The van der Waals surface area contributed by atoms with Crippen molar-refractivity contribution in [1.29, 1.82) is 0 Å². The first-order valence-electron chi connectivity index (χ1n) is 7.66. The number of morpholine rings is 1. The highest BCUT2D eigenvalue weighted by molar-refractivity contribution is 5.50. The van der Waals surface area contributed by atoms with Crippen molar-refractivity contribution < 1.29 is 9.13 Å². The zero-order valence-corrected chi connectivity index (χ0v) is 12.1. The van der Waals surface area contributed by atoms with Gasteiger partial charge in [-0.15, -0.1) is 0 Å². The third kappa shape index (κ3) is 2.96. The van der Waals surface area contributed by atoms with Gasteiger partial charge in [0.15, 0.2) is 0 Å². The minimum Gasteiger partial charge on any atom is -0.371 e. The third-order valence-electron chi connectivity index (χ3n) is 4.15. The van der Waals surface area contributed by atoms with Crippen molar-refractivity contribution in [3.63, 3.8) is 0 Å². The topological polar surface area (TPSA) is 24.5 Å². The van der Waals surface area contributed by atoms with Crippen LogP contribution in [0.15, 0.2) is 18.2 Å². The first-order valence-corrected chi connectivity index (χ1v) is 7.66. The van der Waals surface area contributed by atoms with Gasteiger partial charge in [-0.05, 0) is 43.5 Å². The molecule has 2 fully saturated rings. The van der Waals surface area contributed by atoms with Crippen molar-refractivity contribution in [3.05, 3.63) is 29.6 Å². The normalized spacial score (nSPS) is 25.2. The van der Waals surface area contributed by atoms with Crippen LogP contribution < -0.4 is 10.2 Å². The summed E-state index contributed by atoms with van der Waals surface area (Å²) in [4.78, 5) is 2.14. The van der Waals surface area contributed by atoms with Crippen molar-refractivity contribution in [3.8, 4) is 0 Å². The second-order valence-electron chi connectivity index (χ2n) is 5.82. The Bertz CT molecular complexity index is 454. The van der Waals surface area contributed by atoms with Gasteiger partial charge in [0.05, 0.1) is 17.9 Å². The Hall–Kier alpha value is -1.13. The maximum atomic E-state index is 14.3. The van der Waals surface area contributed by atoms with Gasteiger partial charge in [-0.25, -0.2) is 4.39 Å². The highest BCUT2D eigenvalue weighted by Crippen LogP contribution is 2.31. The van der Waals surface area contributed by atoms with Crippen molar-refractivity contribution in [1.82, 2.24) is 5.32 Å². The number of nitrogens with zero attached hydrogens (tertiary/aromatic N) is 1. The molecule has 2 aliphatic rings. The lowest BCUT2D eigenvalue weighted by atomic mass is 10.1. The van der Waals surface area contributed by atoms with Crippen LogP contribution >= 0.6 is 0 Å². The summed E-state index contributed by atoms with van der Waals surface area (Å²) in [6.07, 6.45) is 3.90. The predicted octanol–water partition coefficient (Wildman–Crippen LogP) is 2.69. The van der Waals surface area contributed by atoms with Crippen molar-refractivity contribution in [2.24, 2.45) is 0 Å². The number of anilines is 1. The molecule has 2 saturated heterocycles. The van der Waals surface area contributed by atoms with Crippen LogP contribution in [-0.4, -0.2) is 31.8 Å². The van der Waals surface area contributed by atoms with Crippen molar-refractivity contribution >= 4 is 5.69 Å². The molecular formula is C16H23FN2O. The molecule has 0 aromatic heterocycles. The van der Waals surface area contributed by atoms with Crippen LogP contribution in [0.5, 0.6) is 0 Å². The van der Waals surface area contributed by atoms with Crippen molar-refractivity contribution in [2.75, 3.05) is 24.5 Å². The van der Waals surface area contributed by atoms with Gasteiger partial charge in [-0.2, -0.15) is 0 Å². The van der Waals surface area contributed by atoms with E-state index in [0.717, 1.165) is 56.7 Å². The highest BCUT2D eigenvalue weighted by atomic mass is 19.1. The Morgan fingerprint density at radius 1 is 1.30 bits per heavy atom. The number of halogens is 1.